The number of rotatable bonds is 5. The Bertz CT molecular complexity index is 472. The maximum Gasteiger partial charge on any atom is 0.159 e. The molecule has 21 heavy (non-hydrogen) atoms. The summed E-state index contributed by atoms with van der Waals surface area (Å²) in [5.74, 6) is -1.94. The number of aliphatic hydroxyl groups excluding tert-OH is 1. The molecular formula is C15H20F3NO2. The fourth-order valence-electron chi connectivity index (χ4n) is 2.65. The molecule has 0 bridgehead atoms. The van der Waals surface area contributed by atoms with Crippen LogP contribution in [-0.4, -0.2) is 37.1 Å². The molecule has 118 valence electrons. The van der Waals surface area contributed by atoms with Gasteiger partial charge in [-0.3, -0.25) is 0 Å². The summed E-state index contributed by atoms with van der Waals surface area (Å²) in [5.41, 5.74) is 0.295. The van der Waals surface area contributed by atoms with Gasteiger partial charge in [0.25, 0.3) is 0 Å². The molecule has 0 amide bonds. The first-order chi connectivity index (χ1) is 10.0. The average Bonchev–Trinajstić information content (AvgIpc) is 2.47. The highest BCUT2D eigenvalue weighted by atomic mass is 19.2. The van der Waals surface area contributed by atoms with E-state index in [9.17, 15) is 18.3 Å². The lowest BCUT2D eigenvalue weighted by atomic mass is 9.91. The standard InChI is InChI=1S/C15H20F3NO2/c1-21-15-5-3-10(7-13(15)18)19-8-14(20)9-2-4-11(16)12(17)6-9/h2,4,6,10,13-15,19-20H,3,5,7-8H2,1H3. The summed E-state index contributed by atoms with van der Waals surface area (Å²) in [7, 11) is 1.50. The van der Waals surface area contributed by atoms with E-state index >= 15 is 0 Å². The molecule has 1 aromatic rings. The van der Waals surface area contributed by atoms with Gasteiger partial charge in [0, 0.05) is 19.7 Å². The Kier molecular flexibility index (Phi) is 5.61. The zero-order chi connectivity index (χ0) is 15.4. The van der Waals surface area contributed by atoms with Crippen LogP contribution in [0.2, 0.25) is 0 Å². The summed E-state index contributed by atoms with van der Waals surface area (Å²) < 4.78 is 44.7. The third-order valence-electron chi connectivity index (χ3n) is 3.94. The van der Waals surface area contributed by atoms with E-state index in [2.05, 4.69) is 5.32 Å². The number of aliphatic hydroxyl groups is 1. The molecule has 4 unspecified atom stereocenters. The van der Waals surface area contributed by atoms with E-state index in [1.165, 1.54) is 13.2 Å². The van der Waals surface area contributed by atoms with Crippen LogP contribution in [0.4, 0.5) is 13.2 Å². The van der Waals surface area contributed by atoms with Crippen molar-refractivity contribution in [1.29, 1.82) is 0 Å². The highest BCUT2D eigenvalue weighted by molar-refractivity contribution is 5.20. The Labute approximate surface area is 122 Å². The van der Waals surface area contributed by atoms with Crippen molar-refractivity contribution in [3.63, 3.8) is 0 Å². The summed E-state index contributed by atoms with van der Waals surface area (Å²) >= 11 is 0. The molecule has 2 rings (SSSR count). The number of halogens is 3. The Morgan fingerprint density at radius 1 is 1.33 bits per heavy atom. The highest BCUT2D eigenvalue weighted by Crippen LogP contribution is 2.24. The number of methoxy groups -OCH3 is 1. The molecule has 1 aliphatic carbocycles. The fourth-order valence-corrected chi connectivity index (χ4v) is 2.65. The van der Waals surface area contributed by atoms with Crippen molar-refractivity contribution in [2.45, 2.75) is 43.7 Å². The van der Waals surface area contributed by atoms with Crippen molar-refractivity contribution in [3.8, 4) is 0 Å². The lowest BCUT2D eigenvalue weighted by Crippen LogP contribution is -2.42. The summed E-state index contributed by atoms with van der Waals surface area (Å²) in [6, 6.07) is 3.24. The molecule has 0 aromatic heterocycles. The largest absolute Gasteiger partial charge is 0.387 e. The third-order valence-corrected chi connectivity index (χ3v) is 3.94. The Morgan fingerprint density at radius 3 is 2.71 bits per heavy atom. The molecule has 0 heterocycles. The molecule has 0 spiro atoms. The monoisotopic (exact) mass is 303 g/mol. The zero-order valence-corrected chi connectivity index (χ0v) is 11.9. The second kappa shape index (κ2) is 7.24. The van der Waals surface area contributed by atoms with Crippen LogP contribution in [0.3, 0.4) is 0 Å². The predicted molar refractivity (Wildman–Crippen MR) is 72.7 cm³/mol. The predicted octanol–water partition coefficient (Wildman–Crippen LogP) is 2.49. The number of alkyl halides is 1. The van der Waals surface area contributed by atoms with Crippen molar-refractivity contribution in [1.82, 2.24) is 5.32 Å². The van der Waals surface area contributed by atoms with Crippen LogP contribution >= 0.6 is 0 Å². The first kappa shape index (κ1) is 16.3. The minimum absolute atomic E-state index is 0.0497. The minimum Gasteiger partial charge on any atom is -0.387 e. The molecule has 6 heteroatoms. The van der Waals surface area contributed by atoms with Crippen LogP contribution in [0.15, 0.2) is 18.2 Å². The Balaban J connectivity index is 1.84. The van der Waals surface area contributed by atoms with Gasteiger partial charge in [-0.2, -0.15) is 0 Å². The highest BCUT2D eigenvalue weighted by Gasteiger charge is 2.30. The first-order valence-corrected chi connectivity index (χ1v) is 7.04. The Hall–Kier alpha value is -1.11. The lowest BCUT2D eigenvalue weighted by Gasteiger charge is -2.31. The SMILES string of the molecule is COC1CCC(NCC(O)c2ccc(F)c(F)c2)CC1F. The van der Waals surface area contributed by atoms with Crippen molar-refractivity contribution in [2.24, 2.45) is 0 Å². The number of hydrogen-bond donors (Lipinski definition) is 2. The third kappa shape index (κ3) is 4.18. The number of benzene rings is 1. The van der Waals surface area contributed by atoms with Crippen LogP contribution in [-0.2, 0) is 4.74 Å². The number of hydrogen-bond acceptors (Lipinski definition) is 3. The van der Waals surface area contributed by atoms with Gasteiger partial charge in [-0.05, 0) is 37.0 Å². The molecule has 4 atom stereocenters. The second-order valence-electron chi connectivity index (χ2n) is 5.40. The summed E-state index contributed by atoms with van der Waals surface area (Å²) in [6.07, 6.45) is -0.651. The molecule has 1 aromatic carbocycles. The van der Waals surface area contributed by atoms with E-state index in [-0.39, 0.29) is 18.7 Å². The van der Waals surface area contributed by atoms with Crippen LogP contribution in [0, 0.1) is 11.6 Å². The lowest BCUT2D eigenvalue weighted by molar-refractivity contribution is -0.00384. The van der Waals surface area contributed by atoms with Gasteiger partial charge >= 0.3 is 0 Å². The molecule has 2 N–H and O–H groups in total. The van der Waals surface area contributed by atoms with Gasteiger partial charge in [0.15, 0.2) is 11.6 Å². The van der Waals surface area contributed by atoms with E-state index in [0.29, 0.717) is 18.4 Å². The van der Waals surface area contributed by atoms with Crippen molar-refractivity contribution >= 4 is 0 Å². The van der Waals surface area contributed by atoms with E-state index in [0.717, 1.165) is 18.6 Å². The molecule has 0 saturated heterocycles. The summed E-state index contributed by atoms with van der Waals surface area (Å²) in [5, 5.41) is 13.0. The topological polar surface area (TPSA) is 41.5 Å². The van der Waals surface area contributed by atoms with Gasteiger partial charge in [0.05, 0.1) is 12.2 Å². The summed E-state index contributed by atoms with van der Waals surface area (Å²) in [4.78, 5) is 0. The van der Waals surface area contributed by atoms with Crippen molar-refractivity contribution in [2.75, 3.05) is 13.7 Å². The van der Waals surface area contributed by atoms with E-state index in [1.54, 1.807) is 0 Å². The smallest absolute Gasteiger partial charge is 0.159 e. The molecule has 1 fully saturated rings. The van der Waals surface area contributed by atoms with Gasteiger partial charge in [-0.15, -0.1) is 0 Å². The number of ether oxygens (including phenoxy) is 1. The minimum atomic E-state index is -1.03. The summed E-state index contributed by atoms with van der Waals surface area (Å²) in [6.45, 7) is 0.167. The zero-order valence-electron chi connectivity index (χ0n) is 11.9. The Morgan fingerprint density at radius 2 is 2.10 bits per heavy atom. The van der Waals surface area contributed by atoms with Crippen LogP contribution in [0.1, 0.15) is 30.9 Å². The van der Waals surface area contributed by atoms with Crippen LogP contribution in [0.5, 0.6) is 0 Å². The van der Waals surface area contributed by atoms with Crippen LogP contribution < -0.4 is 5.32 Å². The van der Waals surface area contributed by atoms with Crippen molar-refractivity contribution in [3.05, 3.63) is 35.4 Å². The quantitative estimate of drug-likeness (QED) is 0.878. The molecule has 1 aliphatic rings. The second-order valence-corrected chi connectivity index (χ2v) is 5.40. The van der Waals surface area contributed by atoms with Gasteiger partial charge in [-0.1, -0.05) is 6.07 Å². The van der Waals surface area contributed by atoms with Crippen LogP contribution in [0.25, 0.3) is 0 Å². The van der Waals surface area contributed by atoms with E-state index in [1.807, 2.05) is 0 Å². The van der Waals surface area contributed by atoms with Gasteiger partial charge < -0.3 is 15.2 Å². The number of nitrogens with one attached hydrogen (secondary N) is 1. The molecular weight excluding hydrogens is 283 g/mol. The van der Waals surface area contributed by atoms with Gasteiger partial charge in [-0.25, -0.2) is 13.2 Å². The molecule has 0 aliphatic heterocycles. The van der Waals surface area contributed by atoms with Gasteiger partial charge in [0.1, 0.15) is 6.17 Å². The fraction of sp³-hybridized carbons (Fsp3) is 0.600. The van der Waals surface area contributed by atoms with Crippen molar-refractivity contribution < 1.29 is 23.0 Å². The van der Waals surface area contributed by atoms with E-state index in [4.69, 9.17) is 4.74 Å². The molecule has 3 nitrogen and oxygen atoms in total. The normalized spacial score (nSPS) is 27.6. The molecule has 1 saturated carbocycles. The molecule has 0 radical (unpaired) electrons. The maximum atomic E-state index is 13.7. The average molecular weight is 303 g/mol. The van der Waals surface area contributed by atoms with E-state index < -0.39 is 23.9 Å². The maximum absolute atomic E-state index is 13.7. The van der Waals surface area contributed by atoms with Gasteiger partial charge in [0.2, 0.25) is 0 Å². The first-order valence-electron chi connectivity index (χ1n) is 7.04.